The van der Waals surface area contributed by atoms with E-state index in [1.54, 1.807) is 0 Å². The van der Waals surface area contributed by atoms with Gasteiger partial charge in [-0.3, -0.25) is 4.79 Å². The number of carbonyl (C=O) groups is 1. The molecule has 0 rings (SSSR count). The minimum atomic E-state index is -0.361. The van der Waals surface area contributed by atoms with Crippen LogP contribution in [-0.4, -0.2) is 5.24 Å². The molecule has 1 nitrogen and oxygen atoms in total. The van der Waals surface area contributed by atoms with E-state index in [1.165, 1.54) is 6.92 Å². The van der Waals surface area contributed by atoms with Gasteiger partial charge in [-0.05, 0) is 11.6 Å². The van der Waals surface area contributed by atoms with E-state index in [-0.39, 0.29) is 22.0 Å². The molecule has 0 heterocycles. The Morgan fingerprint density at radius 1 is 1.80 bits per heavy atom. The van der Waals surface area contributed by atoms with Crippen molar-refractivity contribution in [3.63, 3.8) is 0 Å². The van der Waals surface area contributed by atoms with Crippen LogP contribution in [0.4, 0.5) is 0 Å². The molecule has 0 saturated heterocycles. The van der Waals surface area contributed by atoms with Crippen molar-refractivity contribution >= 4 is 16.8 Å². The first-order valence-corrected chi connectivity index (χ1v) is 1.27. The summed E-state index contributed by atoms with van der Waals surface area (Å²) in [5, 5.41) is -0.361. The first-order chi connectivity index (χ1) is 1.73. The van der Waals surface area contributed by atoms with Crippen molar-refractivity contribution in [2.24, 2.45) is 0 Å². The van der Waals surface area contributed by atoms with E-state index >= 15 is 0 Å². The molecule has 0 fully saturated rings. The van der Waals surface area contributed by atoms with Crippen molar-refractivity contribution in [3.8, 4) is 0 Å². The summed E-state index contributed by atoms with van der Waals surface area (Å²) in [5.74, 6) is 0. The first-order valence-electron chi connectivity index (χ1n) is 0.893. The van der Waals surface area contributed by atoms with Gasteiger partial charge in [0.25, 0.3) is 0 Å². The van der Waals surface area contributed by atoms with E-state index in [0.29, 0.717) is 0 Å². The summed E-state index contributed by atoms with van der Waals surface area (Å²) >= 11 is 4.64. The standard InChI is InChI=1S/C2H3ClO.Co/c1-2(3)4;/h1H3;. The van der Waals surface area contributed by atoms with Crippen molar-refractivity contribution in [1.82, 2.24) is 0 Å². The van der Waals surface area contributed by atoms with E-state index in [1.807, 2.05) is 0 Å². The summed E-state index contributed by atoms with van der Waals surface area (Å²) in [6.45, 7) is 1.29. The van der Waals surface area contributed by atoms with Gasteiger partial charge in [-0.25, -0.2) is 0 Å². The van der Waals surface area contributed by atoms with E-state index in [2.05, 4.69) is 11.6 Å². The topological polar surface area (TPSA) is 17.1 Å². The average molecular weight is 137 g/mol. The maximum atomic E-state index is 9.21. The zero-order valence-electron chi connectivity index (χ0n) is 2.62. The van der Waals surface area contributed by atoms with Crippen LogP contribution in [0.5, 0.6) is 0 Å². The van der Waals surface area contributed by atoms with Crippen LogP contribution in [0.3, 0.4) is 0 Å². The van der Waals surface area contributed by atoms with Gasteiger partial charge in [-0.15, -0.1) is 0 Å². The van der Waals surface area contributed by atoms with Crippen LogP contribution in [0.2, 0.25) is 0 Å². The molecule has 1 radical (unpaired) electrons. The van der Waals surface area contributed by atoms with Gasteiger partial charge in [0.05, 0.1) is 0 Å². The summed E-state index contributed by atoms with van der Waals surface area (Å²) in [6.07, 6.45) is 0. The van der Waals surface area contributed by atoms with Crippen LogP contribution in [0, 0.1) is 0 Å². The third kappa shape index (κ3) is 125. The van der Waals surface area contributed by atoms with E-state index in [4.69, 9.17) is 0 Å². The van der Waals surface area contributed by atoms with Crippen molar-refractivity contribution in [1.29, 1.82) is 0 Å². The second-order valence-electron chi connectivity index (χ2n) is 0.470. The maximum absolute atomic E-state index is 9.21. The predicted molar refractivity (Wildman–Crippen MR) is 16.5 cm³/mol. The third-order valence-electron chi connectivity index (χ3n) is 0. The molecule has 0 bridgehead atoms. The molecule has 0 atom stereocenters. The van der Waals surface area contributed by atoms with Crippen LogP contribution < -0.4 is 0 Å². The Kier molecular flexibility index (Phi) is 8.11. The zero-order chi connectivity index (χ0) is 3.58. The maximum Gasteiger partial charge on any atom is 0.218 e. The van der Waals surface area contributed by atoms with Crippen molar-refractivity contribution < 1.29 is 21.6 Å². The minimum Gasteiger partial charge on any atom is -0.282 e. The van der Waals surface area contributed by atoms with Crippen molar-refractivity contribution in [2.45, 2.75) is 6.92 Å². The smallest absolute Gasteiger partial charge is 0.218 e. The minimum absolute atomic E-state index is 0. The van der Waals surface area contributed by atoms with Crippen LogP contribution >= 0.6 is 11.6 Å². The summed E-state index contributed by atoms with van der Waals surface area (Å²) in [4.78, 5) is 9.21. The molecule has 0 saturated carbocycles. The molecule has 0 N–H and O–H groups in total. The van der Waals surface area contributed by atoms with E-state index in [0.717, 1.165) is 0 Å². The molecular weight excluding hydrogens is 134 g/mol. The second kappa shape index (κ2) is 4.47. The third-order valence-corrected chi connectivity index (χ3v) is 0. The monoisotopic (exact) mass is 137 g/mol. The SMILES string of the molecule is CC(=O)Cl.[Co]. The number of rotatable bonds is 0. The Balaban J connectivity index is 0. The number of halogens is 1. The number of hydrogen-bond acceptors (Lipinski definition) is 1. The summed E-state index contributed by atoms with van der Waals surface area (Å²) in [6, 6.07) is 0. The Labute approximate surface area is 45.9 Å². The molecule has 5 heavy (non-hydrogen) atoms. The van der Waals surface area contributed by atoms with Gasteiger partial charge >= 0.3 is 0 Å². The summed E-state index contributed by atoms with van der Waals surface area (Å²) in [5.41, 5.74) is 0. The fourth-order valence-electron chi connectivity index (χ4n) is 0. The molecule has 0 unspecified atom stereocenters. The molecule has 0 aromatic rings. The van der Waals surface area contributed by atoms with Gasteiger partial charge in [0.2, 0.25) is 5.24 Å². The molecule has 0 aliphatic rings. The first kappa shape index (κ1) is 9.08. The van der Waals surface area contributed by atoms with Gasteiger partial charge in [-0.2, -0.15) is 0 Å². The molecule has 0 aromatic heterocycles. The van der Waals surface area contributed by atoms with Crippen LogP contribution in [0.15, 0.2) is 0 Å². The van der Waals surface area contributed by atoms with Crippen molar-refractivity contribution in [3.05, 3.63) is 0 Å². The van der Waals surface area contributed by atoms with E-state index in [9.17, 15) is 4.79 Å². The molecular formula is C2H3ClCoO. The quantitative estimate of drug-likeness (QED) is 0.451. The Morgan fingerprint density at radius 2 is 1.80 bits per heavy atom. The fraction of sp³-hybridized carbons (Fsp3) is 0.500. The second-order valence-corrected chi connectivity index (χ2v) is 1.00. The van der Waals surface area contributed by atoms with Gasteiger partial charge in [0.15, 0.2) is 0 Å². The van der Waals surface area contributed by atoms with Gasteiger partial charge in [0, 0.05) is 23.7 Å². The van der Waals surface area contributed by atoms with Crippen LogP contribution in [-0.2, 0) is 21.6 Å². The molecule has 33 valence electrons. The van der Waals surface area contributed by atoms with Gasteiger partial charge in [-0.1, -0.05) is 0 Å². The normalized spacial score (nSPS) is 5.20. The number of hydrogen-bond donors (Lipinski definition) is 0. The average Bonchev–Trinajstić information content (AvgIpc) is 0.811. The van der Waals surface area contributed by atoms with Crippen LogP contribution in [0.25, 0.3) is 0 Å². The fourth-order valence-corrected chi connectivity index (χ4v) is 0. The molecule has 0 amide bonds. The molecule has 0 aliphatic carbocycles. The van der Waals surface area contributed by atoms with Crippen molar-refractivity contribution in [2.75, 3.05) is 0 Å². The van der Waals surface area contributed by atoms with Crippen LogP contribution in [0.1, 0.15) is 6.92 Å². The molecule has 0 aliphatic heterocycles. The van der Waals surface area contributed by atoms with E-state index < -0.39 is 0 Å². The predicted octanol–water partition coefficient (Wildman–Crippen LogP) is 0.769. The Hall–Kier alpha value is 0.466. The molecule has 0 aromatic carbocycles. The summed E-state index contributed by atoms with van der Waals surface area (Å²) < 4.78 is 0. The summed E-state index contributed by atoms with van der Waals surface area (Å²) in [7, 11) is 0. The largest absolute Gasteiger partial charge is 0.282 e. The molecule has 0 spiro atoms. The Morgan fingerprint density at radius 3 is 1.80 bits per heavy atom. The van der Waals surface area contributed by atoms with Gasteiger partial charge < -0.3 is 0 Å². The zero-order valence-corrected chi connectivity index (χ0v) is 4.42. The Bertz CT molecular complexity index is 32.6. The number of carbonyl (C=O) groups excluding carboxylic acids is 1. The van der Waals surface area contributed by atoms with Gasteiger partial charge in [0.1, 0.15) is 0 Å². The molecule has 3 heteroatoms.